The number of carbonyl (C=O) groups excluding carboxylic acids is 4. The van der Waals surface area contributed by atoms with Gasteiger partial charge in [0.05, 0.1) is 11.8 Å². The molecule has 0 aromatic heterocycles. The number of imide groups is 1. The van der Waals surface area contributed by atoms with Crippen LogP contribution in [0.5, 0.6) is 0 Å². The number of carbonyl (C=O) groups is 4. The summed E-state index contributed by atoms with van der Waals surface area (Å²) in [5.74, 6) is -2.22. The number of amides is 4. The van der Waals surface area contributed by atoms with E-state index in [2.05, 4.69) is 5.32 Å². The number of rotatable bonds is 2. The van der Waals surface area contributed by atoms with E-state index in [1.54, 1.807) is 0 Å². The van der Waals surface area contributed by atoms with Crippen LogP contribution in [0.2, 0.25) is 0 Å². The minimum absolute atomic E-state index is 0.0736. The van der Waals surface area contributed by atoms with Crippen molar-refractivity contribution in [2.75, 3.05) is 6.54 Å². The second kappa shape index (κ2) is 5.21. The lowest BCUT2D eigenvalue weighted by Gasteiger charge is -2.29. The first kappa shape index (κ1) is 14.5. The van der Waals surface area contributed by atoms with Crippen LogP contribution in [0.1, 0.15) is 38.5 Å². The molecule has 2 bridgehead atoms. The van der Waals surface area contributed by atoms with Crippen LogP contribution in [0.3, 0.4) is 0 Å². The third-order valence-electron chi connectivity index (χ3n) is 5.42. The Morgan fingerprint density at radius 1 is 1.00 bits per heavy atom. The van der Waals surface area contributed by atoms with Crippen molar-refractivity contribution in [2.24, 2.45) is 11.8 Å². The molecule has 0 spiro atoms. The Kier molecular flexibility index (Phi) is 3.28. The number of hydrogen-bond acceptors (Lipinski definition) is 5. The Morgan fingerprint density at radius 3 is 2.30 bits per heavy atom. The summed E-state index contributed by atoms with van der Waals surface area (Å²) >= 11 is 0. The van der Waals surface area contributed by atoms with Crippen LogP contribution in [0.25, 0.3) is 0 Å². The van der Waals surface area contributed by atoms with Gasteiger partial charge in [0.2, 0.25) is 0 Å². The minimum atomic E-state index is -0.725. The van der Waals surface area contributed by atoms with E-state index in [9.17, 15) is 19.2 Å². The molecule has 3 heterocycles. The Morgan fingerprint density at radius 2 is 1.65 bits per heavy atom. The summed E-state index contributed by atoms with van der Waals surface area (Å²) in [6, 6.07) is -0.941. The second-order valence-electron chi connectivity index (χ2n) is 6.77. The van der Waals surface area contributed by atoms with E-state index in [1.807, 2.05) is 0 Å². The van der Waals surface area contributed by atoms with Gasteiger partial charge in [0, 0.05) is 12.6 Å². The van der Waals surface area contributed by atoms with Crippen LogP contribution in [-0.2, 0) is 19.2 Å². The largest absolute Gasteiger partial charge is 0.355 e. The van der Waals surface area contributed by atoms with Crippen molar-refractivity contribution in [2.45, 2.75) is 50.6 Å². The average molecular weight is 321 g/mol. The normalized spacial score (nSPS) is 36.1. The van der Waals surface area contributed by atoms with E-state index in [0.29, 0.717) is 37.3 Å². The van der Waals surface area contributed by atoms with Crippen LogP contribution >= 0.6 is 0 Å². The maximum atomic E-state index is 12.4. The van der Waals surface area contributed by atoms with Gasteiger partial charge in [0.25, 0.3) is 11.8 Å². The van der Waals surface area contributed by atoms with E-state index < -0.39 is 23.8 Å². The number of nitrogens with one attached hydrogen (secondary N) is 1. The van der Waals surface area contributed by atoms with Crippen LogP contribution in [0.4, 0.5) is 4.79 Å². The van der Waals surface area contributed by atoms with E-state index in [4.69, 9.17) is 4.84 Å². The summed E-state index contributed by atoms with van der Waals surface area (Å²) < 4.78 is 0. The molecular weight excluding hydrogens is 302 g/mol. The third-order valence-corrected chi connectivity index (χ3v) is 5.42. The fourth-order valence-electron chi connectivity index (χ4n) is 4.19. The first-order valence-electron chi connectivity index (χ1n) is 8.23. The van der Waals surface area contributed by atoms with Crippen molar-refractivity contribution in [3.63, 3.8) is 0 Å². The molecule has 8 heteroatoms. The van der Waals surface area contributed by atoms with Crippen LogP contribution in [0, 0.1) is 11.8 Å². The van der Waals surface area contributed by atoms with E-state index >= 15 is 0 Å². The predicted molar refractivity (Wildman–Crippen MR) is 75.4 cm³/mol. The Bertz CT molecular complexity index is 568. The molecule has 1 saturated carbocycles. The Balaban J connectivity index is 1.47. The topological polar surface area (TPSA) is 96.0 Å². The molecule has 4 rings (SSSR count). The third kappa shape index (κ3) is 2.19. The molecule has 3 saturated heterocycles. The molecule has 4 aliphatic rings. The average Bonchev–Trinajstić information content (AvgIpc) is 2.97. The standard InChI is InChI=1S/C15H19N3O5/c19-12-9-3-1-2-4-10(9)13(20)18(12)23-14(21)11-6-5-8-7-17(11)15(22)16-8/h8-11H,1-7H2,(H,16,22)/t8-,9?,10?,11+/m1/s1. The van der Waals surface area contributed by atoms with Gasteiger partial charge in [-0.3, -0.25) is 9.59 Å². The Hall–Kier alpha value is -2.12. The maximum Gasteiger partial charge on any atom is 0.355 e. The van der Waals surface area contributed by atoms with Gasteiger partial charge in [-0.1, -0.05) is 12.8 Å². The number of urea groups is 1. The summed E-state index contributed by atoms with van der Waals surface area (Å²) in [5.41, 5.74) is 0. The van der Waals surface area contributed by atoms with Gasteiger partial charge in [0.1, 0.15) is 6.04 Å². The molecule has 4 fully saturated rings. The monoisotopic (exact) mass is 321 g/mol. The van der Waals surface area contributed by atoms with E-state index in [0.717, 1.165) is 12.8 Å². The number of nitrogens with zero attached hydrogens (tertiary/aromatic N) is 2. The van der Waals surface area contributed by atoms with Gasteiger partial charge >= 0.3 is 12.0 Å². The Labute approximate surface area is 133 Å². The van der Waals surface area contributed by atoms with Gasteiger partial charge in [-0.25, -0.2) is 9.59 Å². The molecule has 0 radical (unpaired) electrons. The zero-order valence-corrected chi connectivity index (χ0v) is 12.7. The van der Waals surface area contributed by atoms with Gasteiger partial charge in [-0.15, -0.1) is 5.06 Å². The molecule has 124 valence electrons. The summed E-state index contributed by atoms with van der Waals surface area (Å²) in [6.45, 7) is 0.464. The molecule has 1 aliphatic carbocycles. The minimum Gasteiger partial charge on any atom is -0.333 e. The molecule has 4 atom stereocenters. The highest BCUT2D eigenvalue weighted by Crippen LogP contribution is 2.38. The SMILES string of the molecule is O=C(ON1C(=O)C2CCCCC2C1=O)[C@@H]1CC[C@@H]2CN1C(=O)N2. The van der Waals surface area contributed by atoms with Gasteiger partial charge in [-0.05, 0) is 25.7 Å². The lowest BCUT2D eigenvalue weighted by molar-refractivity contribution is -0.202. The molecule has 0 aromatic rings. The molecule has 1 N–H and O–H groups in total. The van der Waals surface area contributed by atoms with Crippen molar-refractivity contribution in [3.05, 3.63) is 0 Å². The fraction of sp³-hybridized carbons (Fsp3) is 0.733. The molecule has 8 nitrogen and oxygen atoms in total. The first-order valence-corrected chi connectivity index (χ1v) is 8.23. The summed E-state index contributed by atoms with van der Waals surface area (Å²) in [4.78, 5) is 55.4. The number of fused-ring (bicyclic) bond motifs is 3. The molecule has 23 heavy (non-hydrogen) atoms. The molecule has 0 aromatic carbocycles. The molecule has 3 aliphatic heterocycles. The summed E-state index contributed by atoms with van der Waals surface area (Å²) in [7, 11) is 0. The van der Waals surface area contributed by atoms with Gasteiger partial charge < -0.3 is 15.1 Å². The predicted octanol–water partition coefficient (Wildman–Crippen LogP) is 0.176. The van der Waals surface area contributed by atoms with Crippen molar-refractivity contribution < 1.29 is 24.0 Å². The first-order chi connectivity index (χ1) is 11.1. The summed E-state index contributed by atoms with van der Waals surface area (Å²) in [5, 5.41) is 3.44. The summed E-state index contributed by atoms with van der Waals surface area (Å²) in [6.07, 6.45) is 4.34. The highest BCUT2D eigenvalue weighted by Gasteiger charge is 2.52. The van der Waals surface area contributed by atoms with Crippen LogP contribution < -0.4 is 5.32 Å². The molecular formula is C15H19N3O5. The maximum absolute atomic E-state index is 12.4. The van der Waals surface area contributed by atoms with E-state index in [-0.39, 0.29) is 23.9 Å². The lowest BCUT2D eigenvalue weighted by atomic mass is 9.81. The molecule has 4 amide bonds. The highest BCUT2D eigenvalue weighted by molar-refractivity contribution is 6.05. The van der Waals surface area contributed by atoms with Crippen molar-refractivity contribution in [1.29, 1.82) is 0 Å². The van der Waals surface area contributed by atoms with E-state index in [1.165, 1.54) is 4.90 Å². The highest BCUT2D eigenvalue weighted by atomic mass is 16.7. The lowest BCUT2D eigenvalue weighted by Crippen LogP contribution is -2.48. The molecule has 2 unspecified atom stereocenters. The number of hydrogen-bond donors (Lipinski definition) is 1. The van der Waals surface area contributed by atoms with Crippen LogP contribution in [0.15, 0.2) is 0 Å². The number of piperidine rings is 1. The van der Waals surface area contributed by atoms with Crippen molar-refractivity contribution in [3.8, 4) is 0 Å². The second-order valence-corrected chi connectivity index (χ2v) is 6.77. The smallest absolute Gasteiger partial charge is 0.333 e. The van der Waals surface area contributed by atoms with Crippen LogP contribution in [-0.4, -0.2) is 52.4 Å². The van der Waals surface area contributed by atoms with Gasteiger partial charge in [-0.2, -0.15) is 0 Å². The van der Waals surface area contributed by atoms with Crippen molar-refractivity contribution in [1.82, 2.24) is 15.3 Å². The zero-order valence-electron chi connectivity index (χ0n) is 12.7. The van der Waals surface area contributed by atoms with Crippen molar-refractivity contribution >= 4 is 23.8 Å². The quantitative estimate of drug-likeness (QED) is 0.732. The number of hydroxylamine groups is 2. The van der Waals surface area contributed by atoms with Gasteiger partial charge in [0.15, 0.2) is 0 Å². The fourth-order valence-corrected chi connectivity index (χ4v) is 4.19. The zero-order chi connectivity index (χ0) is 16.1.